The Morgan fingerprint density at radius 3 is 1.43 bits per heavy atom. The number of esters is 2. The molecule has 0 fully saturated rings. The van der Waals surface area contributed by atoms with Crippen LogP contribution in [0.15, 0.2) is 36.5 Å². The predicted molar refractivity (Wildman–Crippen MR) is 193 cm³/mol. The molecule has 0 aliphatic rings. The molecule has 47 heavy (non-hydrogen) atoms. The van der Waals surface area contributed by atoms with Gasteiger partial charge in [-0.15, -0.1) is 0 Å². The summed E-state index contributed by atoms with van der Waals surface area (Å²) in [6, 6.07) is 0. The Morgan fingerprint density at radius 1 is 0.553 bits per heavy atom. The second-order valence-corrected chi connectivity index (χ2v) is 13.8. The van der Waals surface area contributed by atoms with Crippen molar-refractivity contribution >= 4 is 19.8 Å². The van der Waals surface area contributed by atoms with Crippen molar-refractivity contribution < 1.29 is 37.9 Å². The smallest absolute Gasteiger partial charge is 0.462 e. The van der Waals surface area contributed by atoms with Crippen molar-refractivity contribution in [1.29, 1.82) is 0 Å². The Morgan fingerprint density at radius 2 is 0.957 bits per heavy atom. The van der Waals surface area contributed by atoms with Gasteiger partial charge in [0.2, 0.25) is 0 Å². The van der Waals surface area contributed by atoms with E-state index in [0.29, 0.717) is 12.8 Å². The second kappa shape index (κ2) is 34.1. The van der Waals surface area contributed by atoms with Crippen molar-refractivity contribution in [3.05, 3.63) is 36.5 Å². The van der Waals surface area contributed by atoms with Crippen LogP contribution in [0.3, 0.4) is 0 Å². The molecule has 1 atom stereocenters. The van der Waals surface area contributed by atoms with Gasteiger partial charge in [0, 0.05) is 12.8 Å². The summed E-state index contributed by atoms with van der Waals surface area (Å²) in [6.07, 6.45) is 38.6. The highest BCUT2D eigenvalue weighted by Crippen LogP contribution is 2.36. The fourth-order valence-electron chi connectivity index (χ4n) is 5.04. The highest BCUT2D eigenvalue weighted by Gasteiger charge is 2.22. The fraction of sp³-hybridized carbons (Fsp3) is 0.789. The summed E-state index contributed by atoms with van der Waals surface area (Å²) < 4.78 is 26.3. The highest BCUT2D eigenvalue weighted by molar-refractivity contribution is 7.46. The van der Waals surface area contributed by atoms with Crippen molar-refractivity contribution in [3.63, 3.8) is 0 Å². The molecule has 0 saturated carbocycles. The maximum atomic E-state index is 12.4. The zero-order valence-electron chi connectivity index (χ0n) is 29.9. The van der Waals surface area contributed by atoms with E-state index in [1.54, 1.807) is 0 Å². The zero-order valence-corrected chi connectivity index (χ0v) is 30.8. The maximum absolute atomic E-state index is 12.4. The summed E-state index contributed by atoms with van der Waals surface area (Å²) in [7, 11) is -4.75. The largest absolute Gasteiger partial charge is 0.469 e. The first-order valence-corrected chi connectivity index (χ1v) is 20.3. The molecular weight excluding hydrogens is 615 g/mol. The van der Waals surface area contributed by atoms with E-state index >= 15 is 0 Å². The Balaban J connectivity index is 3.99. The molecule has 0 aromatic rings. The lowest BCUT2D eigenvalue weighted by atomic mass is 10.1. The van der Waals surface area contributed by atoms with Crippen LogP contribution in [0.1, 0.15) is 174 Å². The number of hydrogen-bond acceptors (Lipinski definition) is 6. The molecule has 0 bridgehead atoms. The van der Waals surface area contributed by atoms with Crippen LogP contribution in [0.2, 0.25) is 0 Å². The topological polar surface area (TPSA) is 119 Å². The Bertz CT molecular complexity index is 864. The summed E-state index contributed by atoms with van der Waals surface area (Å²) in [6.45, 7) is 3.61. The monoisotopic (exact) mass is 684 g/mol. The Hall–Kier alpha value is -1.73. The molecule has 0 aromatic heterocycles. The predicted octanol–water partition coefficient (Wildman–Crippen LogP) is 11.0. The lowest BCUT2D eigenvalue weighted by Crippen LogP contribution is -2.29. The number of ether oxygens (including phenoxy) is 2. The molecule has 0 rings (SSSR count). The van der Waals surface area contributed by atoms with Gasteiger partial charge >= 0.3 is 19.8 Å². The molecule has 0 amide bonds. The molecule has 0 aromatic carbocycles. The molecule has 9 heteroatoms. The van der Waals surface area contributed by atoms with E-state index in [4.69, 9.17) is 19.3 Å². The third-order valence-electron chi connectivity index (χ3n) is 7.88. The number of rotatable bonds is 34. The van der Waals surface area contributed by atoms with Gasteiger partial charge in [0.1, 0.15) is 6.61 Å². The summed E-state index contributed by atoms with van der Waals surface area (Å²) in [5.41, 5.74) is 0. The van der Waals surface area contributed by atoms with Gasteiger partial charge in [-0.25, -0.2) is 4.57 Å². The number of phosphoric ester groups is 1. The first-order valence-electron chi connectivity index (χ1n) is 18.8. The molecule has 2 N–H and O–H groups in total. The molecule has 0 saturated heterocycles. The van der Waals surface area contributed by atoms with Gasteiger partial charge in [0.05, 0.1) is 6.61 Å². The number of carbonyl (C=O) groups is 2. The average molecular weight is 685 g/mol. The molecule has 8 nitrogen and oxygen atoms in total. The van der Waals surface area contributed by atoms with Crippen LogP contribution in [0.4, 0.5) is 0 Å². The van der Waals surface area contributed by atoms with Crippen LogP contribution in [-0.2, 0) is 28.2 Å². The van der Waals surface area contributed by atoms with Crippen molar-refractivity contribution in [2.24, 2.45) is 0 Å². The second-order valence-electron chi connectivity index (χ2n) is 12.5. The van der Waals surface area contributed by atoms with E-state index in [1.165, 1.54) is 70.6 Å². The van der Waals surface area contributed by atoms with E-state index in [1.807, 2.05) is 0 Å². The van der Waals surface area contributed by atoms with Crippen molar-refractivity contribution in [2.75, 3.05) is 13.2 Å². The minimum Gasteiger partial charge on any atom is -0.462 e. The van der Waals surface area contributed by atoms with E-state index in [0.717, 1.165) is 64.2 Å². The quantitative estimate of drug-likeness (QED) is 0.0297. The number of phosphoric acid groups is 1. The van der Waals surface area contributed by atoms with E-state index < -0.39 is 32.5 Å². The zero-order chi connectivity index (χ0) is 34.7. The van der Waals surface area contributed by atoms with Crippen molar-refractivity contribution in [3.8, 4) is 0 Å². The van der Waals surface area contributed by atoms with E-state index in [2.05, 4.69) is 54.8 Å². The molecule has 0 unspecified atom stereocenters. The molecule has 274 valence electrons. The lowest BCUT2D eigenvalue weighted by molar-refractivity contribution is -0.161. The third kappa shape index (κ3) is 36.9. The number of carbonyl (C=O) groups excluding carboxylic acids is 2. The molecule has 0 spiro atoms. The summed E-state index contributed by atoms with van der Waals surface area (Å²) >= 11 is 0. The first kappa shape index (κ1) is 45.3. The number of hydrogen-bond donors (Lipinski definition) is 2. The van der Waals surface area contributed by atoms with E-state index in [-0.39, 0.29) is 19.4 Å². The van der Waals surface area contributed by atoms with Crippen molar-refractivity contribution in [2.45, 2.75) is 180 Å². The van der Waals surface area contributed by atoms with Crippen LogP contribution in [0.5, 0.6) is 0 Å². The van der Waals surface area contributed by atoms with Crippen molar-refractivity contribution in [1.82, 2.24) is 0 Å². The normalized spacial score (nSPS) is 12.9. The lowest BCUT2D eigenvalue weighted by Gasteiger charge is -2.18. The SMILES string of the molecule is CCCCC/C=C/C/C=C/CCCCCCCCCC(=O)O[C@H](COC(=O)CCCCCCC/C=C/CCCCC)COP(=O)(O)O. The third-order valence-corrected chi connectivity index (χ3v) is 8.37. The van der Waals surface area contributed by atoms with Gasteiger partial charge in [-0.05, 0) is 70.6 Å². The standard InChI is InChI=1S/C38H69O8P/c1-3-5-7-9-11-13-15-17-18-19-20-21-23-25-27-29-31-33-38(40)46-36(35-45-47(41,42)43)34-44-37(39)32-30-28-26-24-22-16-14-12-10-8-6-4-2/h11-14,17-18,36H,3-10,15-16,19-35H2,1-2H3,(H2,41,42,43)/b13-11+,14-12+,18-17+/t36-/m1/s1. The molecule has 0 aliphatic heterocycles. The van der Waals surface area contributed by atoms with Crippen LogP contribution in [-0.4, -0.2) is 41.0 Å². The minimum absolute atomic E-state index is 0.201. The van der Waals surface area contributed by atoms with E-state index in [9.17, 15) is 14.2 Å². The highest BCUT2D eigenvalue weighted by atomic mass is 31.2. The molecule has 0 heterocycles. The van der Waals surface area contributed by atoms with Gasteiger partial charge in [0.15, 0.2) is 6.10 Å². The van der Waals surface area contributed by atoms with Gasteiger partial charge < -0.3 is 19.3 Å². The Kier molecular flexibility index (Phi) is 32.9. The van der Waals surface area contributed by atoms with Gasteiger partial charge in [-0.2, -0.15) is 0 Å². The summed E-state index contributed by atoms with van der Waals surface area (Å²) in [5, 5.41) is 0. The first-order chi connectivity index (χ1) is 22.8. The van der Waals surface area contributed by atoms with Gasteiger partial charge in [-0.3, -0.25) is 14.1 Å². The number of allylic oxidation sites excluding steroid dienone is 6. The van der Waals surface area contributed by atoms with Crippen LogP contribution >= 0.6 is 7.82 Å². The fourth-order valence-corrected chi connectivity index (χ4v) is 5.40. The Labute approximate surface area is 287 Å². The molecular formula is C38H69O8P. The number of unbranched alkanes of at least 4 members (excludes halogenated alkanes) is 18. The summed E-state index contributed by atoms with van der Waals surface area (Å²) in [5.74, 6) is -0.905. The molecule has 0 radical (unpaired) electrons. The molecule has 0 aliphatic carbocycles. The van der Waals surface area contributed by atoms with Crippen LogP contribution in [0.25, 0.3) is 0 Å². The van der Waals surface area contributed by atoms with Gasteiger partial charge in [0.25, 0.3) is 0 Å². The average Bonchev–Trinajstić information content (AvgIpc) is 3.04. The van der Waals surface area contributed by atoms with Crippen LogP contribution < -0.4 is 0 Å². The maximum Gasteiger partial charge on any atom is 0.469 e. The summed E-state index contributed by atoms with van der Waals surface area (Å²) in [4.78, 5) is 42.7. The van der Waals surface area contributed by atoms with Crippen LogP contribution in [0, 0.1) is 0 Å². The minimum atomic E-state index is -4.75. The van der Waals surface area contributed by atoms with Gasteiger partial charge in [-0.1, -0.05) is 127 Å².